The van der Waals surface area contributed by atoms with E-state index in [0.29, 0.717) is 48.5 Å². The number of aryl methyl sites for hydroxylation is 2. The maximum atomic E-state index is 13.5. The van der Waals surface area contributed by atoms with Crippen LogP contribution in [0.5, 0.6) is 23.0 Å². The lowest BCUT2D eigenvalue weighted by atomic mass is 9.71. The van der Waals surface area contributed by atoms with Gasteiger partial charge in [-0.3, -0.25) is 19.4 Å². The fourth-order valence-corrected chi connectivity index (χ4v) is 9.10. The maximum absolute atomic E-state index is 13.5. The number of nitrogens with zero attached hydrogens (tertiary/aromatic N) is 3. The minimum Gasteiger partial charge on any atom is -0.496 e. The van der Waals surface area contributed by atoms with Crippen LogP contribution in [0.1, 0.15) is 69.4 Å². The summed E-state index contributed by atoms with van der Waals surface area (Å²) in [5.74, 6) is 1.99. The van der Waals surface area contributed by atoms with E-state index in [1.807, 2.05) is 37.3 Å². The first-order valence-electron chi connectivity index (χ1n) is 17.3. The van der Waals surface area contributed by atoms with Gasteiger partial charge in [-0.25, -0.2) is 0 Å². The van der Waals surface area contributed by atoms with Gasteiger partial charge in [0.05, 0.1) is 31.7 Å². The highest BCUT2D eigenvalue weighted by molar-refractivity contribution is 6.18. The van der Waals surface area contributed by atoms with Gasteiger partial charge in [0.2, 0.25) is 12.7 Å². The molecule has 0 spiro atoms. The van der Waals surface area contributed by atoms with Crippen molar-refractivity contribution in [3.05, 3.63) is 80.9 Å². The molecule has 4 aliphatic heterocycles. The first-order valence-corrected chi connectivity index (χ1v) is 17.8. The number of benzene rings is 3. The van der Waals surface area contributed by atoms with Crippen LogP contribution in [0, 0.1) is 32.1 Å². The van der Waals surface area contributed by atoms with E-state index in [9.17, 15) is 14.9 Å². The number of carbonyl (C=O) groups is 2. The molecular weight excluding hydrogens is 656 g/mol. The number of methoxy groups -OCH3 is 1. The largest absolute Gasteiger partial charge is 0.496 e. The lowest BCUT2D eigenvalue weighted by molar-refractivity contribution is -0.134. The number of nitriles is 1. The van der Waals surface area contributed by atoms with Crippen molar-refractivity contribution in [1.82, 2.24) is 15.1 Å². The molecule has 4 aliphatic rings. The number of likely N-dealkylation sites (N-methyl/N-ethyl adjacent to an activating group) is 1. The third-order valence-corrected chi connectivity index (χ3v) is 11.2. The number of hydrogen-bond acceptors (Lipinski definition) is 9. The number of hydrogen-bond donors (Lipinski definition) is 1. The lowest BCUT2D eigenvalue weighted by Gasteiger charge is -2.60. The van der Waals surface area contributed by atoms with Gasteiger partial charge in [-0.05, 0) is 74.9 Å². The minimum absolute atomic E-state index is 0.0165. The van der Waals surface area contributed by atoms with Crippen LogP contribution in [0.15, 0.2) is 36.4 Å². The Hall–Kier alpha value is -4.30. The number of nitrogens with one attached hydrogen (secondary N) is 1. The second-order valence-electron chi connectivity index (χ2n) is 13.7. The molecule has 1 amide bonds. The average molecular weight is 699 g/mol. The summed E-state index contributed by atoms with van der Waals surface area (Å²) in [7, 11) is 3.81. The molecule has 2 bridgehead atoms. The van der Waals surface area contributed by atoms with Crippen LogP contribution in [-0.4, -0.2) is 73.2 Å². The second kappa shape index (κ2) is 13.8. The Bertz CT molecular complexity index is 1880. The molecule has 0 aliphatic carbocycles. The number of amides is 1. The van der Waals surface area contributed by atoms with Crippen molar-refractivity contribution in [2.45, 2.75) is 83.1 Å². The van der Waals surface area contributed by atoms with Crippen LogP contribution >= 0.6 is 11.6 Å². The third kappa shape index (κ3) is 5.66. The molecule has 10 nitrogen and oxygen atoms in total. The molecule has 7 rings (SSSR count). The molecular formula is C39H43ClN4O6. The van der Waals surface area contributed by atoms with Gasteiger partial charge in [-0.1, -0.05) is 36.4 Å². The van der Waals surface area contributed by atoms with E-state index in [0.717, 1.165) is 33.6 Å². The van der Waals surface area contributed by atoms with Crippen LogP contribution in [0.3, 0.4) is 0 Å². The molecule has 11 heteroatoms. The summed E-state index contributed by atoms with van der Waals surface area (Å²) in [5.41, 5.74) is 7.95. The molecule has 0 radical (unpaired) electrons. The van der Waals surface area contributed by atoms with Crippen molar-refractivity contribution in [2.24, 2.45) is 0 Å². The Morgan fingerprint density at radius 1 is 1.02 bits per heavy atom. The number of fused-ring (bicyclic) bond motifs is 9. The standard InChI is InChI=1S/C39H43ClN4O6/c1-21-15-25-16-27-29(18-41)44-28(35(43(27)4)33(25)22(2)36(21)47-5)17-26-34(30(44)19-42-31(45)12-11-24-9-7-6-8-10-24)39-38(48-20-49-39)23(3)37(26)50-32(46)13-14-40/h6-10,15,27-30,35H,11-14,16-17,19-20H2,1-5H3,(H,42,45)/t27-,28?,29-,30-,35+/m0/s1. The van der Waals surface area contributed by atoms with Crippen molar-refractivity contribution >= 4 is 23.5 Å². The zero-order valence-electron chi connectivity index (χ0n) is 29.2. The summed E-state index contributed by atoms with van der Waals surface area (Å²) >= 11 is 5.96. The van der Waals surface area contributed by atoms with E-state index in [1.54, 1.807) is 7.11 Å². The molecule has 50 heavy (non-hydrogen) atoms. The summed E-state index contributed by atoms with van der Waals surface area (Å²) in [6.45, 7) is 6.30. The van der Waals surface area contributed by atoms with Gasteiger partial charge in [-0.15, -0.1) is 11.6 Å². The van der Waals surface area contributed by atoms with Gasteiger partial charge in [0, 0.05) is 47.6 Å². The number of ether oxygens (including phenoxy) is 4. The topological polar surface area (TPSA) is 113 Å². The monoisotopic (exact) mass is 698 g/mol. The average Bonchev–Trinajstić information content (AvgIpc) is 3.59. The molecule has 0 aromatic heterocycles. The fourth-order valence-electron chi connectivity index (χ4n) is 8.95. The third-order valence-electron chi connectivity index (χ3n) is 11.0. The number of halogens is 1. The Morgan fingerprint density at radius 2 is 1.78 bits per heavy atom. The number of esters is 1. The molecule has 1 fully saturated rings. The molecule has 1 N–H and O–H groups in total. The van der Waals surface area contributed by atoms with Crippen molar-refractivity contribution in [3.63, 3.8) is 0 Å². The van der Waals surface area contributed by atoms with Crippen molar-refractivity contribution in [3.8, 4) is 29.1 Å². The Labute approximate surface area is 298 Å². The van der Waals surface area contributed by atoms with Gasteiger partial charge in [0.15, 0.2) is 11.5 Å². The quantitative estimate of drug-likeness (QED) is 0.178. The highest BCUT2D eigenvalue weighted by Crippen LogP contribution is 2.57. The van der Waals surface area contributed by atoms with Crippen LogP contribution in [0.4, 0.5) is 0 Å². The molecule has 1 unspecified atom stereocenters. The SMILES string of the molecule is COc1c(C)cc2c(c1C)[C@H]1C3Cc4c(OC(=O)CCCl)c(C)c5c(c4[C@H](CNC(=O)CCc4ccccc4)N3[C@@H](C#N)[C@H](C2)N1C)OCO5. The summed E-state index contributed by atoms with van der Waals surface area (Å²) < 4.78 is 24.2. The Morgan fingerprint density at radius 3 is 2.50 bits per heavy atom. The maximum Gasteiger partial charge on any atom is 0.312 e. The lowest BCUT2D eigenvalue weighted by Crippen LogP contribution is -2.69. The van der Waals surface area contributed by atoms with Gasteiger partial charge in [0.25, 0.3) is 0 Å². The molecule has 5 atom stereocenters. The minimum atomic E-state index is -0.502. The summed E-state index contributed by atoms with van der Waals surface area (Å²) in [6, 6.07) is 13.4. The predicted molar refractivity (Wildman–Crippen MR) is 188 cm³/mol. The van der Waals surface area contributed by atoms with Crippen molar-refractivity contribution < 1.29 is 28.5 Å². The Kier molecular flexibility index (Phi) is 9.42. The van der Waals surface area contributed by atoms with E-state index in [2.05, 4.69) is 48.1 Å². The molecule has 1 saturated heterocycles. The van der Waals surface area contributed by atoms with Crippen molar-refractivity contribution in [1.29, 1.82) is 5.26 Å². The van der Waals surface area contributed by atoms with E-state index in [-0.39, 0.29) is 49.7 Å². The van der Waals surface area contributed by atoms with Crippen molar-refractivity contribution in [2.75, 3.05) is 33.4 Å². The Balaban J connectivity index is 1.37. The van der Waals surface area contributed by atoms with Gasteiger partial charge >= 0.3 is 5.97 Å². The number of carbonyl (C=O) groups excluding carboxylic acids is 2. The molecule has 0 saturated carbocycles. The first-order chi connectivity index (χ1) is 24.2. The van der Waals surface area contributed by atoms with Crippen LogP contribution in [-0.2, 0) is 28.9 Å². The van der Waals surface area contributed by atoms with E-state index in [4.69, 9.17) is 30.5 Å². The van der Waals surface area contributed by atoms with Gasteiger partial charge < -0.3 is 24.3 Å². The van der Waals surface area contributed by atoms with Crippen LogP contribution in [0.2, 0.25) is 0 Å². The smallest absolute Gasteiger partial charge is 0.312 e. The van der Waals surface area contributed by atoms with Crippen LogP contribution < -0.4 is 24.3 Å². The zero-order valence-corrected chi connectivity index (χ0v) is 29.9. The number of rotatable bonds is 9. The summed E-state index contributed by atoms with van der Waals surface area (Å²) in [4.78, 5) is 31.1. The van der Waals surface area contributed by atoms with E-state index in [1.165, 1.54) is 11.1 Å². The number of alkyl halides is 1. The molecule has 3 aromatic carbocycles. The molecule has 3 aromatic rings. The predicted octanol–water partition coefficient (Wildman–Crippen LogP) is 5.40. The highest BCUT2D eigenvalue weighted by atomic mass is 35.5. The normalized spacial score (nSPS) is 23.3. The van der Waals surface area contributed by atoms with E-state index < -0.39 is 18.1 Å². The number of piperazine rings is 1. The van der Waals surface area contributed by atoms with Crippen LogP contribution in [0.25, 0.3) is 0 Å². The summed E-state index contributed by atoms with van der Waals surface area (Å²) in [5, 5.41) is 14.2. The highest BCUT2D eigenvalue weighted by Gasteiger charge is 2.56. The van der Waals surface area contributed by atoms with Gasteiger partial charge in [0.1, 0.15) is 17.5 Å². The second-order valence-corrected chi connectivity index (χ2v) is 14.1. The van der Waals surface area contributed by atoms with Gasteiger partial charge in [-0.2, -0.15) is 5.26 Å². The fraction of sp³-hybridized carbons (Fsp3) is 0.462. The zero-order chi connectivity index (χ0) is 35.3. The summed E-state index contributed by atoms with van der Waals surface area (Å²) in [6.07, 6.45) is 2.16. The van der Waals surface area contributed by atoms with E-state index >= 15 is 0 Å². The first kappa shape index (κ1) is 34.2. The molecule has 262 valence electrons. The molecule has 4 heterocycles.